The molecule has 2 heterocycles. The lowest BCUT2D eigenvalue weighted by atomic mass is 9.94. The minimum Gasteiger partial charge on any atom is -0.445 e. The number of alkyl carbamates (subject to hydrolysis) is 1. The van der Waals surface area contributed by atoms with Crippen molar-refractivity contribution in [1.82, 2.24) is 25.4 Å². The van der Waals surface area contributed by atoms with Crippen LogP contribution in [-0.2, 0) is 16.1 Å². The van der Waals surface area contributed by atoms with E-state index in [4.69, 9.17) is 4.74 Å². The number of nitrogens with zero attached hydrogens (tertiary/aromatic N) is 3. The number of benzene rings is 1. The van der Waals surface area contributed by atoms with E-state index in [2.05, 4.69) is 20.5 Å². The summed E-state index contributed by atoms with van der Waals surface area (Å²) in [5.41, 5.74) is 0.907. The Labute approximate surface area is 182 Å². The standard InChI is InChI=1S/C23H31N5O3/c1-15(2)19(24-23(30)31-14-16-6-4-3-5-7-16)22(29)28-12-10-18(11-13-28)21-25-20(26-27-21)17-8-9-17/h3-7,15,17-19H,8-14H2,1-2H3,(H,24,30)(H,25,26,27)/t19-/m0/s1. The molecule has 2 N–H and O–H groups in total. The number of rotatable bonds is 7. The number of H-pyrrole nitrogens is 1. The van der Waals surface area contributed by atoms with Crippen molar-refractivity contribution in [3.8, 4) is 0 Å². The van der Waals surface area contributed by atoms with Crippen LogP contribution in [0.15, 0.2) is 30.3 Å². The number of carbonyl (C=O) groups excluding carboxylic acids is 2. The first-order chi connectivity index (χ1) is 15.0. The number of aromatic nitrogens is 3. The molecule has 31 heavy (non-hydrogen) atoms. The van der Waals surface area contributed by atoms with Gasteiger partial charge in [-0.25, -0.2) is 9.78 Å². The second-order valence-electron chi connectivity index (χ2n) is 8.88. The smallest absolute Gasteiger partial charge is 0.408 e. The summed E-state index contributed by atoms with van der Waals surface area (Å²) in [6.45, 7) is 5.33. The fourth-order valence-electron chi connectivity index (χ4n) is 3.97. The van der Waals surface area contributed by atoms with Crippen LogP contribution in [0.5, 0.6) is 0 Å². The van der Waals surface area contributed by atoms with E-state index >= 15 is 0 Å². The van der Waals surface area contributed by atoms with E-state index in [1.165, 1.54) is 12.8 Å². The van der Waals surface area contributed by atoms with Gasteiger partial charge in [0, 0.05) is 24.9 Å². The molecule has 0 unspecified atom stereocenters. The maximum atomic E-state index is 13.1. The van der Waals surface area contributed by atoms with Crippen molar-refractivity contribution in [1.29, 1.82) is 0 Å². The zero-order chi connectivity index (χ0) is 21.8. The minimum atomic E-state index is -0.605. The van der Waals surface area contributed by atoms with Crippen LogP contribution in [0.25, 0.3) is 0 Å². The van der Waals surface area contributed by atoms with Gasteiger partial charge in [-0.1, -0.05) is 44.2 Å². The van der Waals surface area contributed by atoms with Crippen LogP contribution in [0, 0.1) is 5.92 Å². The van der Waals surface area contributed by atoms with E-state index in [0.717, 1.165) is 30.1 Å². The van der Waals surface area contributed by atoms with E-state index < -0.39 is 12.1 Å². The Bertz CT molecular complexity index is 886. The molecule has 1 aromatic heterocycles. The molecule has 2 fully saturated rings. The summed E-state index contributed by atoms with van der Waals surface area (Å²) in [4.78, 5) is 31.9. The summed E-state index contributed by atoms with van der Waals surface area (Å²) in [7, 11) is 0. The van der Waals surface area contributed by atoms with Crippen molar-refractivity contribution in [2.24, 2.45) is 5.92 Å². The average Bonchev–Trinajstić information content (AvgIpc) is 3.53. The number of hydrogen-bond acceptors (Lipinski definition) is 5. The molecular formula is C23H31N5O3. The van der Waals surface area contributed by atoms with Crippen LogP contribution in [0.2, 0.25) is 0 Å². The highest BCUT2D eigenvalue weighted by atomic mass is 16.5. The summed E-state index contributed by atoms with van der Waals surface area (Å²) < 4.78 is 5.31. The lowest BCUT2D eigenvalue weighted by Gasteiger charge is -2.34. The first kappa shape index (κ1) is 21.3. The Hall–Kier alpha value is -2.90. The Morgan fingerprint density at radius 3 is 2.48 bits per heavy atom. The minimum absolute atomic E-state index is 0.0372. The molecule has 1 saturated heterocycles. The molecule has 2 aromatic rings. The predicted octanol–water partition coefficient (Wildman–Crippen LogP) is 3.34. The average molecular weight is 426 g/mol. The largest absolute Gasteiger partial charge is 0.445 e. The van der Waals surface area contributed by atoms with Gasteiger partial charge >= 0.3 is 6.09 Å². The van der Waals surface area contributed by atoms with Gasteiger partial charge < -0.3 is 15.0 Å². The van der Waals surface area contributed by atoms with Crippen molar-refractivity contribution in [3.05, 3.63) is 47.5 Å². The predicted molar refractivity (Wildman–Crippen MR) is 115 cm³/mol. The van der Waals surface area contributed by atoms with Gasteiger partial charge in [0.05, 0.1) is 0 Å². The third-order valence-corrected chi connectivity index (χ3v) is 6.07. The maximum Gasteiger partial charge on any atom is 0.408 e. The molecule has 4 rings (SSSR count). The summed E-state index contributed by atoms with van der Waals surface area (Å²) >= 11 is 0. The third kappa shape index (κ3) is 5.42. The third-order valence-electron chi connectivity index (χ3n) is 6.07. The Kier molecular flexibility index (Phi) is 6.53. The second-order valence-corrected chi connectivity index (χ2v) is 8.88. The number of ether oxygens (including phenoxy) is 1. The SMILES string of the molecule is CC(C)[C@H](NC(=O)OCc1ccccc1)C(=O)N1CCC(c2nc(C3CC3)n[nH]2)CC1. The van der Waals surface area contributed by atoms with Gasteiger partial charge in [-0.3, -0.25) is 9.89 Å². The van der Waals surface area contributed by atoms with E-state index in [1.54, 1.807) is 0 Å². The molecule has 0 radical (unpaired) electrons. The zero-order valence-corrected chi connectivity index (χ0v) is 18.2. The number of aromatic amines is 1. The number of likely N-dealkylation sites (tertiary alicyclic amines) is 1. The molecule has 166 valence electrons. The second kappa shape index (κ2) is 9.49. The summed E-state index contributed by atoms with van der Waals surface area (Å²) in [6, 6.07) is 8.88. The van der Waals surface area contributed by atoms with Gasteiger partial charge in [0.2, 0.25) is 5.91 Å². The molecule has 2 amide bonds. The van der Waals surface area contributed by atoms with Crippen LogP contribution in [-0.4, -0.2) is 51.2 Å². The highest BCUT2D eigenvalue weighted by Crippen LogP contribution is 2.38. The number of carbonyl (C=O) groups is 2. The van der Waals surface area contributed by atoms with Crippen molar-refractivity contribution >= 4 is 12.0 Å². The number of amides is 2. The molecular weight excluding hydrogens is 394 g/mol. The van der Waals surface area contributed by atoms with Crippen LogP contribution in [0.4, 0.5) is 4.79 Å². The fourth-order valence-corrected chi connectivity index (χ4v) is 3.97. The first-order valence-electron chi connectivity index (χ1n) is 11.2. The quantitative estimate of drug-likeness (QED) is 0.709. The van der Waals surface area contributed by atoms with Crippen LogP contribution in [0.1, 0.15) is 68.6 Å². The number of piperidine rings is 1. The van der Waals surface area contributed by atoms with Crippen LogP contribution >= 0.6 is 0 Å². The summed E-state index contributed by atoms with van der Waals surface area (Å²) in [6.07, 6.45) is 3.48. The molecule has 1 aliphatic carbocycles. The Morgan fingerprint density at radius 2 is 1.84 bits per heavy atom. The van der Waals surface area contributed by atoms with Crippen molar-refractivity contribution in [3.63, 3.8) is 0 Å². The molecule has 8 nitrogen and oxygen atoms in total. The highest BCUT2D eigenvalue weighted by molar-refractivity contribution is 5.86. The van der Waals surface area contributed by atoms with Crippen molar-refractivity contribution < 1.29 is 14.3 Å². The van der Waals surface area contributed by atoms with Crippen molar-refractivity contribution in [2.45, 2.75) is 64.0 Å². The highest BCUT2D eigenvalue weighted by Gasteiger charge is 2.34. The summed E-state index contributed by atoms with van der Waals surface area (Å²) in [5.74, 6) is 2.62. The topological polar surface area (TPSA) is 100 Å². The van der Waals surface area contributed by atoms with Gasteiger partial charge in [-0.15, -0.1) is 0 Å². The summed E-state index contributed by atoms with van der Waals surface area (Å²) in [5, 5.41) is 10.2. The molecule has 1 saturated carbocycles. The molecule has 8 heteroatoms. The first-order valence-corrected chi connectivity index (χ1v) is 11.2. The van der Waals surface area contributed by atoms with Crippen LogP contribution < -0.4 is 5.32 Å². The van der Waals surface area contributed by atoms with Gasteiger partial charge in [-0.2, -0.15) is 5.10 Å². The number of nitrogens with one attached hydrogen (secondary N) is 2. The molecule has 0 bridgehead atoms. The van der Waals surface area contributed by atoms with E-state index in [9.17, 15) is 9.59 Å². The van der Waals surface area contributed by atoms with Crippen molar-refractivity contribution in [2.75, 3.05) is 13.1 Å². The molecule has 0 spiro atoms. The maximum absolute atomic E-state index is 13.1. The van der Waals surface area contributed by atoms with E-state index in [0.29, 0.717) is 24.9 Å². The van der Waals surface area contributed by atoms with Gasteiger partial charge in [0.15, 0.2) is 5.82 Å². The monoisotopic (exact) mass is 425 g/mol. The molecule has 1 atom stereocenters. The van der Waals surface area contributed by atoms with Crippen LogP contribution in [0.3, 0.4) is 0 Å². The van der Waals surface area contributed by atoms with E-state index in [-0.39, 0.29) is 18.4 Å². The van der Waals surface area contributed by atoms with Gasteiger partial charge in [0.25, 0.3) is 0 Å². The zero-order valence-electron chi connectivity index (χ0n) is 18.2. The van der Waals surface area contributed by atoms with E-state index in [1.807, 2.05) is 49.1 Å². The molecule has 1 aromatic carbocycles. The fraction of sp³-hybridized carbons (Fsp3) is 0.565. The lowest BCUT2D eigenvalue weighted by Crippen LogP contribution is -2.53. The number of hydrogen-bond donors (Lipinski definition) is 2. The van der Waals surface area contributed by atoms with Gasteiger partial charge in [0.1, 0.15) is 18.5 Å². The Morgan fingerprint density at radius 1 is 1.13 bits per heavy atom. The molecule has 1 aliphatic heterocycles. The molecule has 2 aliphatic rings. The Balaban J connectivity index is 1.28. The normalized spacial score (nSPS) is 18.1. The van der Waals surface area contributed by atoms with Gasteiger partial charge in [-0.05, 0) is 37.2 Å². The lowest BCUT2D eigenvalue weighted by molar-refractivity contribution is -0.135.